The first kappa shape index (κ1) is 19.0. The van der Waals surface area contributed by atoms with Crippen molar-refractivity contribution in [2.24, 2.45) is 0 Å². The van der Waals surface area contributed by atoms with Gasteiger partial charge in [0.05, 0.1) is 6.20 Å². The number of hydrogen-bond acceptors (Lipinski definition) is 8. The molecule has 146 valence electrons. The lowest BCUT2D eigenvalue weighted by Crippen LogP contribution is -2.43. The van der Waals surface area contributed by atoms with Gasteiger partial charge in [-0.2, -0.15) is 4.98 Å². The third kappa shape index (κ3) is 3.94. The summed E-state index contributed by atoms with van der Waals surface area (Å²) in [6.45, 7) is 2.74. The van der Waals surface area contributed by atoms with Crippen molar-refractivity contribution < 1.29 is 9.26 Å². The summed E-state index contributed by atoms with van der Waals surface area (Å²) in [5.41, 5.74) is 1.37. The Morgan fingerprint density at radius 1 is 1.18 bits per heavy atom. The molecule has 1 aromatic carbocycles. The molecule has 0 amide bonds. The van der Waals surface area contributed by atoms with E-state index in [1.54, 1.807) is 37.5 Å². The molecule has 0 saturated carbocycles. The molecule has 1 fully saturated rings. The van der Waals surface area contributed by atoms with Gasteiger partial charge >= 0.3 is 0 Å². The molecule has 0 radical (unpaired) electrons. The van der Waals surface area contributed by atoms with E-state index >= 15 is 0 Å². The standard InChI is InChI=1S/C20H23N5O2S/c1-26-20(19-23-18(24-27-19)17-13-21-9-10-22-17)7-11-25(12-8-20)14-15-3-5-16(28-2)6-4-15/h3-6,9-10,13H,7-8,11-12,14H2,1-2H3. The Balaban J connectivity index is 1.43. The average molecular weight is 398 g/mol. The second kappa shape index (κ2) is 8.38. The lowest BCUT2D eigenvalue weighted by Gasteiger charge is -2.38. The topological polar surface area (TPSA) is 77.2 Å². The predicted octanol–water partition coefficient (Wildman–Crippen LogP) is 3.39. The highest BCUT2D eigenvalue weighted by Crippen LogP contribution is 2.36. The largest absolute Gasteiger partial charge is 0.368 e. The zero-order valence-electron chi connectivity index (χ0n) is 16.0. The van der Waals surface area contributed by atoms with Crippen molar-refractivity contribution in [3.63, 3.8) is 0 Å². The number of hydrogen-bond donors (Lipinski definition) is 0. The zero-order chi connectivity index (χ0) is 19.4. The number of piperidine rings is 1. The van der Waals surface area contributed by atoms with Crippen LogP contribution < -0.4 is 0 Å². The summed E-state index contributed by atoms with van der Waals surface area (Å²) < 4.78 is 11.4. The second-order valence-corrected chi connectivity index (χ2v) is 7.72. The number of rotatable bonds is 6. The molecule has 4 rings (SSSR count). The third-order valence-corrected chi connectivity index (χ3v) is 5.97. The highest BCUT2D eigenvalue weighted by atomic mass is 32.2. The summed E-state index contributed by atoms with van der Waals surface area (Å²) >= 11 is 1.76. The lowest BCUT2D eigenvalue weighted by molar-refractivity contribution is -0.0838. The molecule has 1 aliphatic rings. The van der Waals surface area contributed by atoms with E-state index in [-0.39, 0.29) is 0 Å². The van der Waals surface area contributed by atoms with Crippen LogP contribution in [-0.2, 0) is 16.9 Å². The maximum Gasteiger partial charge on any atom is 0.259 e. The van der Waals surface area contributed by atoms with Gasteiger partial charge in [0.2, 0.25) is 5.82 Å². The van der Waals surface area contributed by atoms with Crippen molar-refractivity contribution in [1.29, 1.82) is 0 Å². The number of methoxy groups -OCH3 is 1. The van der Waals surface area contributed by atoms with Crippen molar-refractivity contribution in [2.45, 2.75) is 29.9 Å². The van der Waals surface area contributed by atoms with E-state index in [9.17, 15) is 0 Å². The second-order valence-electron chi connectivity index (χ2n) is 6.84. The summed E-state index contributed by atoms with van der Waals surface area (Å²) in [6, 6.07) is 8.76. The van der Waals surface area contributed by atoms with Crippen LogP contribution in [0.4, 0.5) is 0 Å². The molecule has 28 heavy (non-hydrogen) atoms. The van der Waals surface area contributed by atoms with E-state index in [0.717, 1.165) is 32.5 Å². The Morgan fingerprint density at radius 3 is 2.61 bits per heavy atom. The molecule has 0 atom stereocenters. The van der Waals surface area contributed by atoms with Crippen LogP contribution >= 0.6 is 11.8 Å². The number of thioether (sulfide) groups is 1. The quantitative estimate of drug-likeness (QED) is 0.586. The fourth-order valence-electron chi connectivity index (χ4n) is 3.49. The molecule has 0 bridgehead atoms. The number of aromatic nitrogens is 4. The first-order valence-electron chi connectivity index (χ1n) is 9.23. The van der Waals surface area contributed by atoms with Gasteiger partial charge in [0.25, 0.3) is 5.89 Å². The molecule has 3 aromatic rings. The SMILES string of the molecule is COC1(c2nc(-c3cnccn3)no2)CCN(Cc2ccc(SC)cc2)CC1. The van der Waals surface area contributed by atoms with Gasteiger partial charge in [0.15, 0.2) is 0 Å². The predicted molar refractivity (Wildman–Crippen MR) is 107 cm³/mol. The van der Waals surface area contributed by atoms with Gasteiger partial charge < -0.3 is 9.26 Å². The molecule has 3 heterocycles. The molecule has 7 nitrogen and oxygen atoms in total. The number of likely N-dealkylation sites (tertiary alicyclic amines) is 1. The van der Waals surface area contributed by atoms with E-state index in [1.807, 2.05) is 0 Å². The van der Waals surface area contributed by atoms with Crippen molar-refractivity contribution >= 4 is 11.8 Å². The summed E-state index contributed by atoms with van der Waals surface area (Å²) in [5.74, 6) is 0.954. The number of benzene rings is 1. The van der Waals surface area contributed by atoms with Crippen LogP contribution in [0, 0.1) is 0 Å². The molecule has 2 aromatic heterocycles. The lowest BCUT2D eigenvalue weighted by atomic mass is 9.90. The Bertz CT molecular complexity index is 892. The minimum Gasteiger partial charge on any atom is -0.368 e. The van der Waals surface area contributed by atoms with Gasteiger partial charge in [-0.1, -0.05) is 17.3 Å². The van der Waals surface area contributed by atoms with Gasteiger partial charge in [0.1, 0.15) is 11.3 Å². The summed E-state index contributed by atoms with van der Waals surface area (Å²) in [4.78, 5) is 16.6. The van der Waals surface area contributed by atoms with E-state index in [1.165, 1.54) is 10.5 Å². The highest BCUT2D eigenvalue weighted by Gasteiger charge is 2.41. The van der Waals surface area contributed by atoms with Gasteiger partial charge in [-0.05, 0) is 36.8 Å². The summed E-state index contributed by atoms with van der Waals surface area (Å²) in [5, 5.41) is 4.07. The van der Waals surface area contributed by atoms with E-state index in [0.29, 0.717) is 17.4 Å². The average Bonchev–Trinajstić information content (AvgIpc) is 3.27. The molecule has 1 saturated heterocycles. The van der Waals surface area contributed by atoms with E-state index < -0.39 is 5.60 Å². The molecule has 8 heteroatoms. The summed E-state index contributed by atoms with van der Waals surface area (Å²) in [6.07, 6.45) is 8.55. The molecule has 1 aliphatic heterocycles. The first-order valence-corrected chi connectivity index (χ1v) is 10.5. The Labute approximate surface area is 168 Å². The van der Waals surface area contributed by atoms with Gasteiger partial charge in [-0.3, -0.25) is 9.88 Å². The first-order chi connectivity index (χ1) is 13.7. The Kier molecular flexibility index (Phi) is 5.70. The summed E-state index contributed by atoms with van der Waals surface area (Å²) in [7, 11) is 1.71. The van der Waals surface area contributed by atoms with Gasteiger partial charge in [-0.15, -0.1) is 11.8 Å². The maximum atomic E-state index is 5.88. The minimum atomic E-state index is -0.549. The smallest absolute Gasteiger partial charge is 0.259 e. The van der Waals surface area contributed by atoms with Crippen LogP contribution in [0.1, 0.15) is 24.3 Å². The normalized spacial score (nSPS) is 16.9. The zero-order valence-corrected chi connectivity index (χ0v) is 16.9. The molecule has 0 unspecified atom stereocenters. The molecule has 0 spiro atoms. The number of ether oxygens (including phenoxy) is 1. The van der Waals surface area contributed by atoms with Crippen LogP contribution in [-0.4, -0.2) is 51.5 Å². The van der Waals surface area contributed by atoms with Gasteiger partial charge in [0, 0.05) is 44.0 Å². The van der Waals surface area contributed by atoms with Crippen molar-refractivity contribution in [3.05, 3.63) is 54.3 Å². The highest BCUT2D eigenvalue weighted by molar-refractivity contribution is 7.98. The minimum absolute atomic E-state index is 0.441. The Morgan fingerprint density at radius 2 is 1.96 bits per heavy atom. The molecule has 0 N–H and O–H groups in total. The number of nitrogens with zero attached hydrogens (tertiary/aromatic N) is 5. The molecule has 0 aliphatic carbocycles. The van der Waals surface area contributed by atoms with E-state index in [4.69, 9.17) is 9.26 Å². The van der Waals surface area contributed by atoms with Crippen LogP contribution in [0.5, 0.6) is 0 Å². The maximum absolute atomic E-state index is 5.88. The Hall–Kier alpha value is -2.29. The molecular weight excluding hydrogens is 374 g/mol. The van der Waals surface area contributed by atoms with Crippen LogP contribution in [0.2, 0.25) is 0 Å². The van der Waals surface area contributed by atoms with Crippen LogP contribution in [0.15, 0.2) is 52.3 Å². The van der Waals surface area contributed by atoms with Crippen molar-refractivity contribution in [2.75, 3.05) is 26.5 Å². The van der Waals surface area contributed by atoms with Crippen LogP contribution in [0.25, 0.3) is 11.5 Å². The fraction of sp³-hybridized carbons (Fsp3) is 0.400. The molecular formula is C20H23N5O2S. The van der Waals surface area contributed by atoms with Crippen molar-refractivity contribution in [1.82, 2.24) is 25.0 Å². The van der Waals surface area contributed by atoms with E-state index in [2.05, 4.69) is 55.5 Å². The monoisotopic (exact) mass is 397 g/mol. The van der Waals surface area contributed by atoms with Crippen LogP contribution in [0.3, 0.4) is 0 Å². The van der Waals surface area contributed by atoms with Gasteiger partial charge in [-0.25, -0.2) is 4.98 Å². The van der Waals surface area contributed by atoms with Crippen molar-refractivity contribution in [3.8, 4) is 11.5 Å². The third-order valence-electron chi connectivity index (χ3n) is 5.23. The fourth-order valence-corrected chi connectivity index (χ4v) is 3.90.